The second-order valence-electron chi connectivity index (χ2n) is 4.55. The fourth-order valence-corrected chi connectivity index (χ4v) is 2.47. The number of hydrogen-bond acceptors (Lipinski definition) is 4. The third-order valence-corrected chi connectivity index (χ3v) is 3.50. The van der Waals surface area contributed by atoms with E-state index in [1.807, 2.05) is 29.1 Å². The van der Waals surface area contributed by atoms with E-state index in [1.165, 1.54) is 0 Å². The van der Waals surface area contributed by atoms with Gasteiger partial charge in [-0.25, -0.2) is 4.68 Å². The molecule has 0 atom stereocenters. The van der Waals surface area contributed by atoms with Crippen LogP contribution in [-0.2, 0) is 13.1 Å². The normalized spacial score (nSPS) is 10.8. The van der Waals surface area contributed by atoms with Crippen molar-refractivity contribution >= 4 is 15.9 Å². The highest BCUT2D eigenvalue weighted by molar-refractivity contribution is 9.10. The number of aromatic nitrogens is 3. The maximum atomic E-state index is 5.22. The van der Waals surface area contributed by atoms with Crippen LogP contribution in [0.5, 0.6) is 5.75 Å². The molecule has 0 aliphatic carbocycles. The van der Waals surface area contributed by atoms with Gasteiger partial charge in [-0.05, 0) is 46.6 Å². The molecule has 0 radical (unpaired) electrons. The Morgan fingerprint density at radius 1 is 1.40 bits per heavy atom. The van der Waals surface area contributed by atoms with Crippen LogP contribution in [0.3, 0.4) is 0 Å². The van der Waals surface area contributed by atoms with Crippen LogP contribution in [0.1, 0.15) is 24.6 Å². The van der Waals surface area contributed by atoms with Crippen LogP contribution >= 0.6 is 15.9 Å². The van der Waals surface area contributed by atoms with Crippen molar-refractivity contribution in [2.45, 2.75) is 26.4 Å². The molecular formula is C14H19BrN4O. The van der Waals surface area contributed by atoms with Gasteiger partial charge in [-0.3, -0.25) is 0 Å². The summed E-state index contributed by atoms with van der Waals surface area (Å²) in [5.74, 6) is 0.830. The molecule has 0 aliphatic rings. The number of hydrogen-bond donors (Lipinski definition) is 1. The molecule has 0 bridgehead atoms. The molecule has 0 saturated carbocycles. The van der Waals surface area contributed by atoms with Crippen molar-refractivity contribution in [1.29, 1.82) is 0 Å². The van der Waals surface area contributed by atoms with Gasteiger partial charge >= 0.3 is 0 Å². The zero-order valence-electron chi connectivity index (χ0n) is 11.8. The number of benzene rings is 1. The standard InChI is InChI=1S/C14H19BrN4O/c1-3-6-16-8-12-10-19(18-17-12)9-11-4-5-14(20-2)13(15)7-11/h4-5,7,10,16H,3,6,8-9H2,1-2H3. The van der Waals surface area contributed by atoms with Crippen molar-refractivity contribution in [3.8, 4) is 5.75 Å². The predicted molar refractivity (Wildman–Crippen MR) is 81.8 cm³/mol. The summed E-state index contributed by atoms with van der Waals surface area (Å²) in [5, 5.41) is 11.6. The lowest BCUT2D eigenvalue weighted by atomic mass is 10.2. The first kappa shape index (κ1) is 15.0. The van der Waals surface area contributed by atoms with Crippen molar-refractivity contribution in [1.82, 2.24) is 20.3 Å². The number of halogens is 1. The third kappa shape index (κ3) is 4.05. The minimum atomic E-state index is 0.698. The second kappa shape index (κ2) is 7.40. The van der Waals surface area contributed by atoms with Crippen LogP contribution in [0.4, 0.5) is 0 Å². The van der Waals surface area contributed by atoms with Gasteiger partial charge in [0.05, 0.1) is 30.0 Å². The summed E-state index contributed by atoms with van der Waals surface area (Å²) < 4.78 is 8.01. The van der Waals surface area contributed by atoms with Crippen LogP contribution in [0.15, 0.2) is 28.9 Å². The molecular weight excluding hydrogens is 320 g/mol. The molecule has 2 rings (SSSR count). The molecule has 20 heavy (non-hydrogen) atoms. The zero-order valence-corrected chi connectivity index (χ0v) is 13.4. The van der Waals surface area contributed by atoms with Gasteiger partial charge in [-0.15, -0.1) is 5.10 Å². The average Bonchev–Trinajstić information content (AvgIpc) is 2.87. The molecule has 0 amide bonds. The fourth-order valence-electron chi connectivity index (χ4n) is 1.89. The third-order valence-electron chi connectivity index (χ3n) is 2.88. The molecule has 2 aromatic rings. The van der Waals surface area contributed by atoms with E-state index in [4.69, 9.17) is 4.74 Å². The van der Waals surface area contributed by atoms with Gasteiger partial charge in [0.2, 0.25) is 0 Å². The highest BCUT2D eigenvalue weighted by atomic mass is 79.9. The van der Waals surface area contributed by atoms with Gasteiger partial charge < -0.3 is 10.1 Å². The molecule has 0 saturated heterocycles. The number of methoxy groups -OCH3 is 1. The quantitative estimate of drug-likeness (QED) is 0.788. The van der Waals surface area contributed by atoms with Crippen LogP contribution in [-0.4, -0.2) is 28.6 Å². The summed E-state index contributed by atoms with van der Waals surface area (Å²) in [5.41, 5.74) is 2.11. The topological polar surface area (TPSA) is 52.0 Å². The summed E-state index contributed by atoms with van der Waals surface area (Å²) in [7, 11) is 1.66. The lowest BCUT2D eigenvalue weighted by Crippen LogP contribution is -2.13. The Labute approximate surface area is 127 Å². The molecule has 0 spiro atoms. The Morgan fingerprint density at radius 2 is 2.25 bits per heavy atom. The summed E-state index contributed by atoms with van der Waals surface area (Å²) in [6, 6.07) is 6.01. The van der Waals surface area contributed by atoms with Crippen molar-refractivity contribution in [2.75, 3.05) is 13.7 Å². The molecule has 0 unspecified atom stereocenters. The highest BCUT2D eigenvalue weighted by Crippen LogP contribution is 2.25. The molecule has 1 heterocycles. The second-order valence-corrected chi connectivity index (χ2v) is 5.41. The number of nitrogens with zero attached hydrogens (tertiary/aromatic N) is 3. The summed E-state index contributed by atoms with van der Waals surface area (Å²) in [6.07, 6.45) is 3.09. The van der Waals surface area contributed by atoms with Crippen LogP contribution in [0, 0.1) is 0 Å². The lowest BCUT2D eigenvalue weighted by Gasteiger charge is -2.06. The molecule has 1 N–H and O–H groups in total. The Balaban J connectivity index is 1.97. The Morgan fingerprint density at radius 3 is 2.95 bits per heavy atom. The summed E-state index contributed by atoms with van der Waals surface area (Å²) in [6.45, 7) is 4.60. The average molecular weight is 339 g/mol. The van der Waals surface area contributed by atoms with Crippen LogP contribution in [0.2, 0.25) is 0 Å². The Kier molecular flexibility index (Phi) is 5.55. The van der Waals surface area contributed by atoms with Crippen molar-refractivity contribution in [2.24, 2.45) is 0 Å². The van der Waals surface area contributed by atoms with E-state index in [1.54, 1.807) is 7.11 Å². The molecule has 5 nitrogen and oxygen atoms in total. The first-order chi connectivity index (χ1) is 9.72. The first-order valence-electron chi connectivity index (χ1n) is 6.65. The van der Waals surface area contributed by atoms with E-state index in [-0.39, 0.29) is 0 Å². The highest BCUT2D eigenvalue weighted by Gasteiger charge is 2.04. The van der Waals surface area contributed by atoms with Gasteiger partial charge in [0, 0.05) is 6.54 Å². The maximum absolute atomic E-state index is 5.22. The largest absolute Gasteiger partial charge is 0.496 e. The van der Waals surface area contributed by atoms with Crippen molar-refractivity contribution in [3.05, 3.63) is 40.1 Å². The molecule has 0 aliphatic heterocycles. The van der Waals surface area contributed by atoms with E-state index < -0.39 is 0 Å². The predicted octanol–water partition coefficient (Wildman–Crippen LogP) is 2.60. The number of nitrogens with one attached hydrogen (secondary N) is 1. The van der Waals surface area contributed by atoms with E-state index in [2.05, 4.69) is 38.5 Å². The van der Waals surface area contributed by atoms with Crippen molar-refractivity contribution in [3.63, 3.8) is 0 Å². The molecule has 0 fully saturated rings. The Bertz CT molecular complexity index is 556. The zero-order chi connectivity index (χ0) is 14.4. The van der Waals surface area contributed by atoms with E-state index in [9.17, 15) is 0 Å². The van der Waals surface area contributed by atoms with Gasteiger partial charge in [-0.1, -0.05) is 18.2 Å². The van der Waals surface area contributed by atoms with E-state index >= 15 is 0 Å². The van der Waals surface area contributed by atoms with E-state index in [0.29, 0.717) is 6.54 Å². The SMILES string of the molecule is CCCNCc1cn(Cc2ccc(OC)c(Br)c2)nn1. The number of ether oxygens (including phenoxy) is 1. The minimum Gasteiger partial charge on any atom is -0.496 e. The first-order valence-corrected chi connectivity index (χ1v) is 7.44. The van der Waals surface area contributed by atoms with Gasteiger partial charge in [0.1, 0.15) is 5.75 Å². The molecule has 108 valence electrons. The van der Waals surface area contributed by atoms with Gasteiger partial charge in [-0.2, -0.15) is 0 Å². The molecule has 6 heteroatoms. The van der Waals surface area contributed by atoms with E-state index in [0.717, 1.165) is 41.0 Å². The number of rotatable bonds is 7. The molecule has 1 aromatic carbocycles. The molecule has 1 aromatic heterocycles. The fraction of sp³-hybridized carbons (Fsp3) is 0.429. The monoisotopic (exact) mass is 338 g/mol. The smallest absolute Gasteiger partial charge is 0.133 e. The Hall–Kier alpha value is -1.40. The van der Waals surface area contributed by atoms with Gasteiger partial charge in [0.15, 0.2) is 0 Å². The summed E-state index contributed by atoms with van der Waals surface area (Å²) in [4.78, 5) is 0. The van der Waals surface area contributed by atoms with Gasteiger partial charge in [0.25, 0.3) is 0 Å². The maximum Gasteiger partial charge on any atom is 0.133 e. The lowest BCUT2D eigenvalue weighted by molar-refractivity contribution is 0.412. The minimum absolute atomic E-state index is 0.698. The summed E-state index contributed by atoms with van der Waals surface area (Å²) >= 11 is 3.49. The van der Waals surface area contributed by atoms with Crippen molar-refractivity contribution < 1.29 is 4.74 Å². The van der Waals surface area contributed by atoms with Crippen LogP contribution < -0.4 is 10.1 Å². The van der Waals surface area contributed by atoms with Crippen LogP contribution in [0.25, 0.3) is 0 Å².